The van der Waals surface area contributed by atoms with Crippen molar-refractivity contribution in [3.63, 3.8) is 0 Å². The molecule has 0 saturated heterocycles. The van der Waals surface area contributed by atoms with Crippen molar-refractivity contribution in [1.82, 2.24) is 0 Å². The van der Waals surface area contributed by atoms with Gasteiger partial charge in [-0.05, 0) is 39.5 Å². The summed E-state index contributed by atoms with van der Waals surface area (Å²) >= 11 is 10.2. The monoisotopic (exact) mass is 326 g/mol. The number of nitrogens with two attached hydrogens (primary N) is 1. The molecule has 0 fully saturated rings. The number of nitrogens with one attached hydrogen (secondary N) is 1. The molecule has 2 nitrogen and oxygen atoms in total. The van der Waals surface area contributed by atoms with E-state index in [4.69, 9.17) is 18.0 Å². The van der Waals surface area contributed by atoms with E-state index in [1.165, 1.54) is 4.88 Å². The number of benzene rings is 1. The van der Waals surface area contributed by atoms with Crippen LogP contribution >= 0.6 is 39.5 Å². The molecule has 2 rings (SSSR count). The van der Waals surface area contributed by atoms with Crippen molar-refractivity contribution in [2.45, 2.75) is 6.54 Å². The maximum absolute atomic E-state index is 5.73. The van der Waals surface area contributed by atoms with Crippen LogP contribution in [0.2, 0.25) is 0 Å². The molecule has 0 spiro atoms. The van der Waals surface area contributed by atoms with E-state index in [1.54, 1.807) is 11.3 Å². The highest BCUT2D eigenvalue weighted by atomic mass is 79.9. The summed E-state index contributed by atoms with van der Waals surface area (Å²) in [4.78, 5) is 1.67. The molecule has 88 valence electrons. The summed E-state index contributed by atoms with van der Waals surface area (Å²) in [6.45, 7) is 0.781. The summed E-state index contributed by atoms with van der Waals surface area (Å²) in [6.07, 6.45) is 0. The molecule has 0 aliphatic heterocycles. The Morgan fingerprint density at radius 2 is 2.18 bits per heavy atom. The van der Waals surface area contributed by atoms with E-state index in [2.05, 4.69) is 32.7 Å². The number of hydrogen-bond acceptors (Lipinski definition) is 3. The van der Waals surface area contributed by atoms with E-state index < -0.39 is 0 Å². The lowest BCUT2D eigenvalue weighted by Gasteiger charge is -2.12. The first kappa shape index (κ1) is 12.5. The Labute approximate surface area is 118 Å². The summed E-state index contributed by atoms with van der Waals surface area (Å²) in [5.74, 6) is 0. The molecule has 0 bridgehead atoms. The summed E-state index contributed by atoms with van der Waals surface area (Å²) in [5.41, 5.74) is 7.55. The molecule has 0 aliphatic rings. The first-order chi connectivity index (χ1) is 8.18. The van der Waals surface area contributed by atoms with Crippen molar-refractivity contribution in [2.24, 2.45) is 5.73 Å². The maximum Gasteiger partial charge on any atom is 0.107 e. The van der Waals surface area contributed by atoms with E-state index >= 15 is 0 Å². The molecule has 1 aromatic heterocycles. The molecule has 1 aromatic carbocycles. The lowest BCUT2D eigenvalue weighted by molar-refractivity contribution is 1.19. The molecule has 3 N–H and O–H groups in total. The Kier molecular flexibility index (Phi) is 4.15. The maximum atomic E-state index is 5.73. The molecule has 0 aliphatic carbocycles. The molecule has 0 radical (unpaired) electrons. The molecule has 17 heavy (non-hydrogen) atoms. The van der Waals surface area contributed by atoms with Crippen LogP contribution in [-0.4, -0.2) is 4.99 Å². The van der Waals surface area contributed by atoms with Crippen LogP contribution in [0.15, 0.2) is 40.2 Å². The van der Waals surface area contributed by atoms with Crippen molar-refractivity contribution in [3.8, 4) is 0 Å². The van der Waals surface area contributed by atoms with Crippen molar-refractivity contribution in [2.75, 3.05) is 5.32 Å². The lowest BCUT2D eigenvalue weighted by Crippen LogP contribution is -2.13. The van der Waals surface area contributed by atoms with E-state index in [-0.39, 0.29) is 0 Å². The van der Waals surface area contributed by atoms with E-state index in [9.17, 15) is 0 Å². The number of rotatable bonds is 4. The molecule has 0 unspecified atom stereocenters. The minimum Gasteiger partial charge on any atom is -0.389 e. The fourth-order valence-electron chi connectivity index (χ4n) is 1.52. The van der Waals surface area contributed by atoms with E-state index in [0.29, 0.717) is 4.99 Å². The average molecular weight is 327 g/mol. The third-order valence-electron chi connectivity index (χ3n) is 2.29. The second kappa shape index (κ2) is 5.62. The van der Waals surface area contributed by atoms with Crippen LogP contribution in [0, 0.1) is 0 Å². The second-order valence-corrected chi connectivity index (χ2v) is 5.79. The van der Waals surface area contributed by atoms with Gasteiger partial charge in [-0.3, -0.25) is 0 Å². The minimum atomic E-state index is 0.395. The summed E-state index contributed by atoms with van der Waals surface area (Å²) < 4.78 is 0.918. The van der Waals surface area contributed by atoms with E-state index in [0.717, 1.165) is 22.3 Å². The molecular formula is C12H11BrN2S2. The molecular weight excluding hydrogens is 316 g/mol. The van der Waals surface area contributed by atoms with Gasteiger partial charge in [-0.25, -0.2) is 0 Å². The third kappa shape index (κ3) is 3.06. The number of hydrogen-bond donors (Lipinski definition) is 2. The predicted molar refractivity (Wildman–Crippen MR) is 81.7 cm³/mol. The van der Waals surface area contributed by atoms with Gasteiger partial charge in [0.15, 0.2) is 0 Å². The zero-order valence-corrected chi connectivity index (χ0v) is 12.2. The van der Waals surface area contributed by atoms with Gasteiger partial charge in [-0.1, -0.05) is 24.4 Å². The minimum absolute atomic E-state index is 0.395. The quantitative estimate of drug-likeness (QED) is 0.840. The zero-order valence-electron chi connectivity index (χ0n) is 8.94. The van der Waals surface area contributed by atoms with E-state index in [1.807, 2.05) is 24.3 Å². The lowest BCUT2D eigenvalue weighted by atomic mass is 10.2. The molecule has 2 aromatic rings. The SMILES string of the molecule is NC(=S)c1c(Br)cccc1NCc1cccs1. The van der Waals surface area contributed by atoms with Crippen molar-refractivity contribution in [1.29, 1.82) is 0 Å². The molecule has 1 heterocycles. The predicted octanol–water partition coefficient (Wildman–Crippen LogP) is 3.76. The van der Waals surface area contributed by atoms with Crippen LogP contribution in [0.25, 0.3) is 0 Å². The second-order valence-electron chi connectivity index (χ2n) is 3.46. The highest BCUT2D eigenvalue weighted by Gasteiger charge is 2.08. The summed E-state index contributed by atoms with van der Waals surface area (Å²) in [6, 6.07) is 10.0. The Balaban J connectivity index is 2.21. The van der Waals surface area contributed by atoms with Gasteiger partial charge in [-0.2, -0.15) is 0 Å². The number of thiocarbonyl (C=S) groups is 1. The van der Waals surface area contributed by atoms with Crippen molar-refractivity contribution >= 4 is 50.2 Å². The smallest absolute Gasteiger partial charge is 0.107 e. The molecule has 0 amide bonds. The van der Waals surface area contributed by atoms with Gasteiger partial charge in [0.2, 0.25) is 0 Å². The molecule has 5 heteroatoms. The fourth-order valence-corrected chi connectivity index (χ4v) is 3.09. The van der Waals surface area contributed by atoms with Gasteiger partial charge < -0.3 is 11.1 Å². The number of anilines is 1. The normalized spacial score (nSPS) is 10.2. The van der Waals surface area contributed by atoms with Gasteiger partial charge in [0.25, 0.3) is 0 Å². The van der Waals surface area contributed by atoms with Crippen molar-refractivity contribution < 1.29 is 0 Å². The third-order valence-corrected chi connectivity index (χ3v) is 4.03. The number of halogens is 1. The van der Waals surface area contributed by atoms with Crippen LogP contribution in [0.3, 0.4) is 0 Å². The topological polar surface area (TPSA) is 38.0 Å². The molecule has 0 saturated carbocycles. The van der Waals surface area contributed by atoms with Crippen LogP contribution in [0.1, 0.15) is 10.4 Å². The van der Waals surface area contributed by atoms with Gasteiger partial charge in [0.1, 0.15) is 4.99 Å². The highest BCUT2D eigenvalue weighted by Crippen LogP contribution is 2.25. The number of thiophene rings is 1. The summed E-state index contributed by atoms with van der Waals surface area (Å²) in [5, 5.41) is 5.41. The first-order valence-electron chi connectivity index (χ1n) is 5.03. The largest absolute Gasteiger partial charge is 0.389 e. The first-order valence-corrected chi connectivity index (χ1v) is 7.11. The van der Waals surface area contributed by atoms with Crippen LogP contribution in [-0.2, 0) is 6.54 Å². The van der Waals surface area contributed by atoms with Gasteiger partial charge in [0, 0.05) is 27.1 Å². The van der Waals surface area contributed by atoms with Crippen LogP contribution in [0.4, 0.5) is 5.69 Å². The van der Waals surface area contributed by atoms with Gasteiger partial charge in [-0.15, -0.1) is 11.3 Å². The average Bonchev–Trinajstić information content (AvgIpc) is 2.78. The zero-order chi connectivity index (χ0) is 12.3. The highest BCUT2D eigenvalue weighted by molar-refractivity contribution is 9.10. The van der Waals surface area contributed by atoms with Gasteiger partial charge in [0.05, 0.1) is 0 Å². The standard InChI is InChI=1S/C12H11BrN2S2/c13-9-4-1-5-10(11(9)12(14)16)15-7-8-3-2-6-17-8/h1-6,15H,7H2,(H2,14,16). The van der Waals surface area contributed by atoms with Crippen LogP contribution in [0.5, 0.6) is 0 Å². The van der Waals surface area contributed by atoms with Crippen LogP contribution < -0.4 is 11.1 Å². The Morgan fingerprint density at radius 1 is 1.35 bits per heavy atom. The summed E-state index contributed by atoms with van der Waals surface area (Å²) in [7, 11) is 0. The Morgan fingerprint density at radius 3 is 2.82 bits per heavy atom. The fraction of sp³-hybridized carbons (Fsp3) is 0.0833. The molecule has 0 atom stereocenters. The Hall–Kier alpha value is -0.910. The van der Waals surface area contributed by atoms with Crippen molar-refractivity contribution in [3.05, 3.63) is 50.6 Å². The Bertz CT molecular complexity index is 523. The van der Waals surface area contributed by atoms with Gasteiger partial charge >= 0.3 is 0 Å².